The zero-order valence-corrected chi connectivity index (χ0v) is 24.3. The van der Waals surface area contributed by atoms with E-state index < -0.39 is 41.8 Å². The van der Waals surface area contributed by atoms with Crippen LogP contribution >= 0.6 is 12.4 Å². The summed E-state index contributed by atoms with van der Waals surface area (Å²) in [7, 11) is 0. The van der Waals surface area contributed by atoms with Crippen LogP contribution in [0.15, 0.2) is 40.8 Å². The number of aldehydes is 1. The van der Waals surface area contributed by atoms with E-state index in [-0.39, 0.29) is 65.5 Å². The van der Waals surface area contributed by atoms with Crippen molar-refractivity contribution in [2.45, 2.75) is 44.1 Å². The predicted octanol–water partition coefficient (Wildman–Crippen LogP) is 4.26. The molecule has 1 saturated carbocycles. The summed E-state index contributed by atoms with van der Waals surface area (Å²) in [6.07, 6.45) is 1.19. The average Bonchev–Trinajstić information content (AvgIpc) is 3.70. The van der Waals surface area contributed by atoms with Gasteiger partial charge in [0.1, 0.15) is 17.7 Å². The number of aromatic nitrogens is 1. The Morgan fingerprint density at radius 1 is 1.23 bits per heavy atom. The number of rotatable bonds is 12. The Morgan fingerprint density at radius 2 is 2.00 bits per heavy atom. The van der Waals surface area contributed by atoms with Gasteiger partial charge in [-0.2, -0.15) is 8.78 Å². The van der Waals surface area contributed by atoms with Crippen molar-refractivity contribution in [1.29, 1.82) is 0 Å². The maximum atomic E-state index is 15.1. The van der Waals surface area contributed by atoms with Crippen LogP contribution < -0.4 is 25.8 Å². The molecule has 1 amide bonds. The highest BCUT2D eigenvalue weighted by Crippen LogP contribution is 2.37. The highest BCUT2D eigenvalue weighted by Gasteiger charge is 2.46. The van der Waals surface area contributed by atoms with Gasteiger partial charge >= 0.3 is 6.61 Å². The average molecular weight is 643 g/mol. The van der Waals surface area contributed by atoms with Gasteiger partial charge in [0.05, 0.1) is 19.3 Å². The second-order valence-corrected chi connectivity index (χ2v) is 10.4. The number of carbonyl (C=O) groups excluding carboxylic acids is 2. The van der Waals surface area contributed by atoms with E-state index in [9.17, 15) is 22.8 Å². The summed E-state index contributed by atoms with van der Waals surface area (Å²) in [4.78, 5) is 30.8. The number of alkyl halides is 2. The molecule has 44 heavy (non-hydrogen) atoms. The molecule has 10 nitrogen and oxygen atoms in total. The monoisotopic (exact) mass is 642 g/mol. The highest BCUT2D eigenvalue weighted by atomic mass is 35.5. The SMILES string of the molecule is C[C@H](N)c1oc(-c2ccc(OC(F)F)c(OCC3CC3)c2)nc1C(=O)NC(C=O)(c1ccc(F)cc1F)C1CNCCO1.Cl. The van der Waals surface area contributed by atoms with Gasteiger partial charge in [0.25, 0.3) is 5.91 Å². The van der Waals surface area contributed by atoms with Crippen molar-refractivity contribution < 1.29 is 45.8 Å². The van der Waals surface area contributed by atoms with E-state index in [2.05, 4.69) is 20.4 Å². The van der Waals surface area contributed by atoms with Gasteiger partial charge < -0.3 is 39.8 Å². The van der Waals surface area contributed by atoms with Crippen molar-refractivity contribution in [3.63, 3.8) is 0 Å². The van der Waals surface area contributed by atoms with E-state index in [0.717, 1.165) is 25.0 Å². The second-order valence-electron chi connectivity index (χ2n) is 10.4. The molecule has 0 radical (unpaired) electrons. The molecule has 3 aromatic rings. The van der Waals surface area contributed by atoms with Crippen LogP contribution in [0.1, 0.15) is 47.6 Å². The van der Waals surface area contributed by atoms with Crippen LogP contribution in [-0.2, 0) is 15.1 Å². The van der Waals surface area contributed by atoms with Crippen LogP contribution in [0.25, 0.3) is 11.5 Å². The lowest BCUT2D eigenvalue weighted by atomic mass is 9.84. The second kappa shape index (κ2) is 13.9. The largest absolute Gasteiger partial charge is 0.489 e. The van der Waals surface area contributed by atoms with Crippen LogP contribution in [0.3, 0.4) is 0 Å². The number of nitrogens with one attached hydrogen (secondary N) is 2. The van der Waals surface area contributed by atoms with E-state index in [1.165, 1.54) is 25.1 Å². The Kier molecular flexibility index (Phi) is 10.5. The molecule has 2 fully saturated rings. The third-order valence-corrected chi connectivity index (χ3v) is 7.18. The third kappa shape index (κ3) is 7.15. The fourth-order valence-corrected chi connectivity index (χ4v) is 4.79. The van der Waals surface area contributed by atoms with Crippen LogP contribution in [0.2, 0.25) is 0 Å². The number of morpholine rings is 1. The molecule has 2 aliphatic rings. The molecule has 2 aromatic carbocycles. The van der Waals surface area contributed by atoms with Crippen molar-refractivity contribution >= 4 is 24.6 Å². The Morgan fingerprint density at radius 3 is 2.61 bits per heavy atom. The normalized spacial score (nSPS) is 18.6. The predicted molar refractivity (Wildman–Crippen MR) is 151 cm³/mol. The maximum Gasteiger partial charge on any atom is 0.387 e. The number of halogens is 5. The molecule has 1 aliphatic heterocycles. The van der Waals surface area contributed by atoms with Gasteiger partial charge in [0, 0.05) is 30.3 Å². The summed E-state index contributed by atoms with van der Waals surface area (Å²) >= 11 is 0. The topological polar surface area (TPSA) is 138 Å². The van der Waals surface area contributed by atoms with Gasteiger partial charge in [-0.3, -0.25) is 4.79 Å². The fraction of sp³-hybridized carbons (Fsp3) is 0.414. The van der Waals surface area contributed by atoms with Gasteiger partial charge in [-0.15, -0.1) is 12.4 Å². The maximum absolute atomic E-state index is 15.1. The lowest BCUT2D eigenvalue weighted by Crippen LogP contribution is -2.61. The molecule has 0 bridgehead atoms. The molecule has 5 rings (SSSR count). The van der Waals surface area contributed by atoms with Crippen LogP contribution in [-0.4, -0.2) is 56.2 Å². The van der Waals surface area contributed by atoms with Gasteiger partial charge in [0.2, 0.25) is 5.89 Å². The van der Waals surface area contributed by atoms with Gasteiger partial charge in [-0.1, -0.05) is 6.07 Å². The number of nitrogens with zero attached hydrogens (tertiary/aromatic N) is 1. The fourth-order valence-electron chi connectivity index (χ4n) is 4.79. The summed E-state index contributed by atoms with van der Waals surface area (Å²) < 4.78 is 76.7. The minimum Gasteiger partial charge on any atom is -0.489 e. The molecular formula is C29H31ClF4N4O6. The molecular weight excluding hydrogens is 612 g/mol. The first kappa shape index (κ1) is 33.2. The molecule has 1 aromatic heterocycles. The minimum atomic E-state index is -3.08. The molecule has 1 aliphatic carbocycles. The number of benzene rings is 2. The number of hydrogen-bond donors (Lipinski definition) is 3. The third-order valence-electron chi connectivity index (χ3n) is 7.18. The van der Waals surface area contributed by atoms with Crippen molar-refractivity contribution in [2.24, 2.45) is 11.7 Å². The van der Waals surface area contributed by atoms with Crippen molar-refractivity contribution in [1.82, 2.24) is 15.6 Å². The number of nitrogens with two attached hydrogens (primary N) is 1. The number of oxazole rings is 1. The highest BCUT2D eigenvalue weighted by molar-refractivity contribution is 5.96. The smallest absolute Gasteiger partial charge is 0.387 e. The molecule has 2 heterocycles. The molecule has 238 valence electrons. The molecule has 4 N–H and O–H groups in total. The lowest BCUT2D eigenvalue weighted by Gasteiger charge is -2.39. The quantitative estimate of drug-likeness (QED) is 0.195. The van der Waals surface area contributed by atoms with Crippen LogP contribution in [0.4, 0.5) is 17.6 Å². The van der Waals surface area contributed by atoms with Crippen molar-refractivity contribution in [3.8, 4) is 23.0 Å². The summed E-state index contributed by atoms with van der Waals surface area (Å²) in [6.45, 7) is -0.556. The number of carbonyl (C=O) groups is 2. The van der Waals surface area contributed by atoms with Gasteiger partial charge in [0.15, 0.2) is 34.8 Å². The Balaban J connectivity index is 0.00000442. The zero-order valence-electron chi connectivity index (χ0n) is 23.5. The van der Waals surface area contributed by atoms with Gasteiger partial charge in [-0.25, -0.2) is 13.8 Å². The van der Waals surface area contributed by atoms with E-state index in [1.54, 1.807) is 0 Å². The Hall–Kier alpha value is -3.72. The Labute approximate surface area is 256 Å². The molecule has 3 atom stereocenters. The number of amides is 1. The first-order chi connectivity index (χ1) is 20.6. The summed E-state index contributed by atoms with van der Waals surface area (Å²) in [5, 5.41) is 5.58. The van der Waals surface area contributed by atoms with E-state index in [0.29, 0.717) is 31.4 Å². The van der Waals surface area contributed by atoms with Crippen molar-refractivity contribution in [3.05, 3.63) is 65.1 Å². The van der Waals surface area contributed by atoms with Crippen LogP contribution in [0.5, 0.6) is 11.5 Å². The van der Waals surface area contributed by atoms with E-state index >= 15 is 4.39 Å². The van der Waals surface area contributed by atoms with Gasteiger partial charge in [-0.05, 0) is 49.9 Å². The van der Waals surface area contributed by atoms with Crippen molar-refractivity contribution in [2.75, 3.05) is 26.3 Å². The lowest BCUT2D eigenvalue weighted by molar-refractivity contribution is -0.122. The summed E-state index contributed by atoms with van der Waals surface area (Å²) in [6, 6.07) is 5.81. The molecule has 15 heteroatoms. The van der Waals surface area contributed by atoms with E-state index in [4.69, 9.17) is 19.6 Å². The first-order valence-corrected chi connectivity index (χ1v) is 13.7. The number of hydrogen-bond acceptors (Lipinski definition) is 9. The minimum absolute atomic E-state index is 0. The molecule has 2 unspecified atom stereocenters. The molecule has 0 spiro atoms. The van der Waals surface area contributed by atoms with E-state index in [1.807, 2.05) is 0 Å². The number of ether oxygens (including phenoxy) is 3. The standard InChI is InChI=1S/C29H30F4N4O6.ClH/c1-15(34)25-24(36-27(43-25)17-4-7-21(42-28(32)33)22(10-17)41-13-16-2-3-16)26(39)37-29(14-38,23-12-35-8-9-40-23)19-6-5-18(30)11-20(19)31;/h4-7,10-11,14-16,23,28,35H,2-3,8-9,12-13,34H2,1H3,(H,37,39);1H/t15-,23?,29?;/m0./s1. The zero-order chi connectivity index (χ0) is 30.7. The molecule has 1 saturated heterocycles. The Bertz CT molecular complexity index is 1480. The first-order valence-electron chi connectivity index (χ1n) is 13.7. The van der Waals surface area contributed by atoms with Crippen LogP contribution in [0, 0.1) is 17.6 Å². The summed E-state index contributed by atoms with van der Waals surface area (Å²) in [5.74, 6) is -2.90. The summed E-state index contributed by atoms with van der Waals surface area (Å²) in [5.41, 5.74) is 3.63.